The molecule has 5 nitrogen and oxygen atoms in total. The topological polar surface area (TPSA) is 67.4 Å². The summed E-state index contributed by atoms with van der Waals surface area (Å²) in [6.07, 6.45) is 2.13. The fourth-order valence-electron chi connectivity index (χ4n) is 2.23. The molecular formula is C13H24N2O3. The lowest BCUT2D eigenvalue weighted by atomic mass is 10.0. The van der Waals surface area contributed by atoms with E-state index in [2.05, 4.69) is 10.6 Å². The summed E-state index contributed by atoms with van der Waals surface area (Å²) in [6, 6.07) is -0.517. The van der Waals surface area contributed by atoms with Gasteiger partial charge in [0.1, 0.15) is 6.04 Å². The molecule has 1 saturated heterocycles. The number of carbonyl (C=O) groups excluding carboxylic acids is 2. The first kappa shape index (κ1) is 15.0. The molecule has 1 aliphatic rings. The lowest BCUT2D eigenvalue weighted by Crippen LogP contribution is -2.43. The molecule has 0 spiro atoms. The number of nitrogens with one attached hydrogen (secondary N) is 2. The molecule has 2 N–H and O–H groups in total. The van der Waals surface area contributed by atoms with Gasteiger partial charge < -0.3 is 15.4 Å². The second-order valence-electron chi connectivity index (χ2n) is 5.34. The van der Waals surface area contributed by atoms with Gasteiger partial charge in [0.25, 0.3) is 0 Å². The third kappa shape index (κ3) is 5.04. The third-order valence-electron chi connectivity index (χ3n) is 3.16. The van der Waals surface area contributed by atoms with E-state index in [0.717, 1.165) is 19.5 Å². The molecule has 1 amide bonds. The number of hydrogen-bond acceptors (Lipinski definition) is 4. The van der Waals surface area contributed by atoms with E-state index < -0.39 is 6.04 Å². The molecule has 0 aliphatic carbocycles. The molecule has 1 fully saturated rings. The smallest absolute Gasteiger partial charge is 0.328 e. The lowest BCUT2D eigenvalue weighted by Gasteiger charge is -2.19. The summed E-state index contributed by atoms with van der Waals surface area (Å²) in [5, 5.41) is 6.01. The predicted molar refractivity (Wildman–Crippen MR) is 69.0 cm³/mol. The van der Waals surface area contributed by atoms with E-state index in [9.17, 15) is 9.59 Å². The number of methoxy groups -OCH3 is 1. The van der Waals surface area contributed by atoms with E-state index in [0.29, 0.717) is 24.7 Å². The lowest BCUT2D eigenvalue weighted by molar-refractivity contribution is -0.145. The van der Waals surface area contributed by atoms with Crippen molar-refractivity contribution in [2.24, 2.45) is 11.8 Å². The first-order chi connectivity index (χ1) is 8.52. The van der Waals surface area contributed by atoms with E-state index >= 15 is 0 Å². The molecule has 1 aliphatic heterocycles. The summed E-state index contributed by atoms with van der Waals surface area (Å²) in [7, 11) is 1.35. The van der Waals surface area contributed by atoms with Crippen LogP contribution in [0, 0.1) is 11.8 Å². The zero-order chi connectivity index (χ0) is 13.5. The zero-order valence-electron chi connectivity index (χ0n) is 11.5. The Balaban J connectivity index is 2.42. The largest absolute Gasteiger partial charge is 0.467 e. The van der Waals surface area contributed by atoms with Crippen LogP contribution < -0.4 is 10.6 Å². The zero-order valence-corrected chi connectivity index (χ0v) is 11.5. The summed E-state index contributed by atoms with van der Waals surface area (Å²) >= 11 is 0. The van der Waals surface area contributed by atoms with Crippen molar-refractivity contribution in [3.8, 4) is 0 Å². The first-order valence-corrected chi connectivity index (χ1v) is 6.60. The van der Waals surface area contributed by atoms with Crippen LogP contribution in [0.3, 0.4) is 0 Å². The maximum Gasteiger partial charge on any atom is 0.328 e. The average Bonchev–Trinajstić information content (AvgIpc) is 2.79. The summed E-state index contributed by atoms with van der Waals surface area (Å²) < 4.78 is 4.72. The molecule has 2 atom stereocenters. The molecule has 1 unspecified atom stereocenters. The van der Waals surface area contributed by atoms with Gasteiger partial charge in [-0.1, -0.05) is 13.8 Å². The Labute approximate surface area is 109 Å². The maximum atomic E-state index is 11.9. The quantitative estimate of drug-likeness (QED) is 0.686. The Morgan fingerprint density at radius 3 is 2.67 bits per heavy atom. The van der Waals surface area contributed by atoms with E-state index in [1.165, 1.54) is 7.11 Å². The highest BCUT2D eigenvalue weighted by Crippen LogP contribution is 2.13. The van der Waals surface area contributed by atoms with Crippen molar-refractivity contribution in [3.05, 3.63) is 0 Å². The van der Waals surface area contributed by atoms with Crippen LogP contribution in [-0.2, 0) is 14.3 Å². The summed E-state index contributed by atoms with van der Waals surface area (Å²) in [4.78, 5) is 23.4. The van der Waals surface area contributed by atoms with Crippen LogP contribution in [0.2, 0.25) is 0 Å². The van der Waals surface area contributed by atoms with Crippen molar-refractivity contribution in [1.82, 2.24) is 10.6 Å². The Morgan fingerprint density at radius 2 is 2.17 bits per heavy atom. The normalized spacial score (nSPS) is 20.8. The van der Waals surface area contributed by atoms with Gasteiger partial charge in [0.15, 0.2) is 0 Å². The van der Waals surface area contributed by atoms with Crippen molar-refractivity contribution >= 4 is 11.9 Å². The van der Waals surface area contributed by atoms with Crippen LogP contribution >= 0.6 is 0 Å². The summed E-state index contributed by atoms with van der Waals surface area (Å²) in [5.74, 6) is 0.311. The first-order valence-electron chi connectivity index (χ1n) is 6.60. The SMILES string of the molecule is COC(=O)[C@H](CC(C)C)NC(=O)CC1CCNC1. The number of carbonyl (C=O) groups is 2. The monoisotopic (exact) mass is 256 g/mol. The van der Waals surface area contributed by atoms with Gasteiger partial charge in [-0.05, 0) is 37.8 Å². The molecule has 0 aromatic carbocycles. The van der Waals surface area contributed by atoms with Gasteiger partial charge in [-0.2, -0.15) is 0 Å². The predicted octanol–water partition coefficient (Wildman–Crippen LogP) is 0.690. The Kier molecular flexibility index (Phi) is 6.12. The maximum absolute atomic E-state index is 11.9. The van der Waals surface area contributed by atoms with Gasteiger partial charge >= 0.3 is 5.97 Å². The molecule has 0 aromatic rings. The van der Waals surface area contributed by atoms with Crippen molar-refractivity contribution in [1.29, 1.82) is 0 Å². The Bertz CT molecular complexity index is 286. The number of esters is 1. The number of amides is 1. The fourth-order valence-corrected chi connectivity index (χ4v) is 2.23. The van der Waals surface area contributed by atoms with E-state index in [-0.39, 0.29) is 11.9 Å². The molecule has 0 saturated carbocycles. The second-order valence-corrected chi connectivity index (χ2v) is 5.34. The van der Waals surface area contributed by atoms with Crippen molar-refractivity contribution in [2.45, 2.75) is 39.2 Å². The second kappa shape index (κ2) is 7.36. The number of hydrogen-bond donors (Lipinski definition) is 2. The van der Waals surface area contributed by atoms with Crippen LogP contribution in [0.1, 0.15) is 33.1 Å². The third-order valence-corrected chi connectivity index (χ3v) is 3.16. The van der Waals surface area contributed by atoms with Crippen molar-refractivity contribution in [2.75, 3.05) is 20.2 Å². The van der Waals surface area contributed by atoms with Gasteiger partial charge in [-0.15, -0.1) is 0 Å². The van der Waals surface area contributed by atoms with E-state index in [4.69, 9.17) is 4.74 Å². The molecule has 0 radical (unpaired) electrons. The summed E-state index contributed by atoms with van der Waals surface area (Å²) in [6.45, 7) is 5.90. The van der Waals surface area contributed by atoms with Gasteiger partial charge in [0, 0.05) is 6.42 Å². The molecule has 1 rings (SSSR count). The average molecular weight is 256 g/mol. The molecule has 0 bridgehead atoms. The minimum absolute atomic E-state index is 0.0558. The van der Waals surface area contributed by atoms with Crippen LogP contribution in [0.5, 0.6) is 0 Å². The van der Waals surface area contributed by atoms with Gasteiger partial charge in [-0.3, -0.25) is 4.79 Å². The molecule has 5 heteroatoms. The van der Waals surface area contributed by atoms with Crippen LogP contribution in [-0.4, -0.2) is 38.1 Å². The highest BCUT2D eigenvalue weighted by Gasteiger charge is 2.24. The molecule has 1 heterocycles. The van der Waals surface area contributed by atoms with Crippen molar-refractivity contribution in [3.63, 3.8) is 0 Å². The van der Waals surface area contributed by atoms with Gasteiger partial charge in [0.05, 0.1) is 7.11 Å². The minimum Gasteiger partial charge on any atom is -0.467 e. The highest BCUT2D eigenvalue weighted by molar-refractivity contribution is 5.84. The Morgan fingerprint density at radius 1 is 1.44 bits per heavy atom. The number of ether oxygens (including phenoxy) is 1. The minimum atomic E-state index is -0.517. The van der Waals surface area contributed by atoms with Gasteiger partial charge in [0.2, 0.25) is 5.91 Å². The fraction of sp³-hybridized carbons (Fsp3) is 0.846. The van der Waals surface area contributed by atoms with Crippen LogP contribution in [0.15, 0.2) is 0 Å². The molecular weight excluding hydrogens is 232 g/mol. The Hall–Kier alpha value is -1.10. The van der Waals surface area contributed by atoms with Crippen molar-refractivity contribution < 1.29 is 14.3 Å². The molecule has 18 heavy (non-hydrogen) atoms. The number of rotatable bonds is 6. The van der Waals surface area contributed by atoms with Crippen LogP contribution in [0.4, 0.5) is 0 Å². The molecule has 0 aromatic heterocycles. The molecule has 104 valence electrons. The van der Waals surface area contributed by atoms with Crippen LogP contribution in [0.25, 0.3) is 0 Å². The standard InChI is InChI=1S/C13H24N2O3/c1-9(2)6-11(13(17)18-3)15-12(16)7-10-4-5-14-8-10/h9-11,14H,4-8H2,1-3H3,(H,15,16)/t10?,11-/m0/s1. The summed E-state index contributed by atoms with van der Waals surface area (Å²) in [5.41, 5.74) is 0. The van der Waals surface area contributed by atoms with Gasteiger partial charge in [-0.25, -0.2) is 4.79 Å². The highest BCUT2D eigenvalue weighted by atomic mass is 16.5. The van der Waals surface area contributed by atoms with E-state index in [1.807, 2.05) is 13.8 Å². The van der Waals surface area contributed by atoms with E-state index in [1.54, 1.807) is 0 Å².